The molecule has 0 fully saturated rings. The Morgan fingerprint density at radius 2 is 1.70 bits per heavy atom. The quantitative estimate of drug-likeness (QED) is 0.608. The highest BCUT2D eigenvalue weighted by Crippen LogP contribution is 2.16. The van der Waals surface area contributed by atoms with E-state index in [0.717, 1.165) is 16.7 Å². The first-order valence-corrected chi connectivity index (χ1v) is 6.66. The Hall–Kier alpha value is -2.35. The molecule has 0 amide bonds. The molecule has 0 N–H and O–H groups in total. The second-order valence-electron chi connectivity index (χ2n) is 4.68. The Labute approximate surface area is 119 Å². The van der Waals surface area contributed by atoms with Crippen LogP contribution in [0.2, 0.25) is 0 Å². The van der Waals surface area contributed by atoms with E-state index >= 15 is 0 Å². The lowest BCUT2D eigenvalue weighted by Crippen LogP contribution is -2.05. The number of benzene rings is 2. The van der Waals surface area contributed by atoms with Crippen LogP contribution in [0.15, 0.2) is 60.7 Å². The fourth-order valence-corrected chi connectivity index (χ4v) is 1.94. The third kappa shape index (κ3) is 3.82. The van der Waals surface area contributed by atoms with Gasteiger partial charge < -0.3 is 4.74 Å². The van der Waals surface area contributed by atoms with E-state index in [1.54, 1.807) is 6.08 Å². The summed E-state index contributed by atoms with van der Waals surface area (Å²) in [4.78, 5) is 11.8. The van der Waals surface area contributed by atoms with Gasteiger partial charge in [-0.2, -0.15) is 0 Å². The monoisotopic (exact) mass is 266 g/mol. The molecule has 2 rings (SSSR count). The number of aryl methyl sites for hydroxylation is 1. The van der Waals surface area contributed by atoms with Crippen molar-refractivity contribution >= 4 is 12.0 Å². The Morgan fingerprint density at radius 1 is 1.05 bits per heavy atom. The Morgan fingerprint density at radius 3 is 2.40 bits per heavy atom. The second kappa shape index (κ2) is 6.71. The molecule has 1 unspecified atom stereocenters. The molecule has 0 radical (unpaired) electrons. The van der Waals surface area contributed by atoms with E-state index in [9.17, 15) is 4.79 Å². The first kappa shape index (κ1) is 14.1. The van der Waals surface area contributed by atoms with Crippen LogP contribution in [0.4, 0.5) is 0 Å². The van der Waals surface area contributed by atoms with E-state index in [2.05, 4.69) is 0 Å². The van der Waals surface area contributed by atoms with Crippen LogP contribution in [0.5, 0.6) is 0 Å². The minimum atomic E-state index is -0.329. The zero-order chi connectivity index (χ0) is 14.4. The first-order chi connectivity index (χ1) is 9.66. The van der Waals surface area contributed by atoms with Crippen molar-refractivity contribution in [3.05, 3.63) is 77.4 Å². The van der Waals surface area contributed by atoms with Crippen LogP contribution in [0, 0.1) is 6.92 Å². The van der Waals surface area contributed by atoms with Gasteiger partial charge in [-0.25, -0.2) is 4.79 Å². The maximum Gasteiger partial charge on any atom is 0.331 e. The van der Waals surface area contributed by atoms with E-state index < -0.39 is 0 Å². The number of rotatable bonds is 4. The SMILES string of the molecule is Cc1ccccc1/C=C/C(=O)OC(C)c1ccccc1. The predicted octanol–water partition coefficient (Wildman–Crippen LogP) is 4.31. The van der Waals surface area contributed by atoms with E-state index in [0.29, 0.717) is 0 Å². The van der Waals surface area contributed by atoms with Crippen LogP contribution < -0.4 is 0 Å². The molecular formula is C18H18O2. The van der Waals surface area contributed by atoms with Crippen molar-refractivity contribution in [3.63, 3.8) is 0 Å². The Kier molecular flexibility index (Phi) is 4.72. The number of hydrogen-bond acceptors (Lipinski definition) is 2. The van der Waals surface area contributed by atoms with Crippen molar-refractivity contribution in [1.82, 2.24) is 0 Å². The summed E-state index contributed by atoms with van der Waals surface area (Å²) >= 11 is 0. The molecule has 1 atom stereocenters. The van der Waals surface area contributed by atoms with E-state index in [-0.39, 0.29) is 12.1 Å². The van der Waals surface area contributed by atoms with E-state index in [1.165, 1.54) is 6.08 Å². The van der Waals surface area contributed by atoms with Crippen LogP contribution >= 0.6 is 0 Å². The Balaban J connectivity index is 1.98. The largest absolute Gasteiger partial charge is 0.455 e. The summed E-state index contributed by atoms with van der Waals surface area (Å²) < 4.78 is 5.37. The van der Waals surface area contributed by atoms with Gasteiger partial charge in [-0.1, -0.05) is 54.6 Å². The average molecular weight is 266 g/mol. The highest BCUT2D eigenvalue weighted by molar-refractivity contribution is 5.87. The van der Waals surface area contributed by atoms with Gasteiger partial charge in [0.2, 0.25) is 0 Å². The van der Waals surface area contributed by atoms with E-state index in [4.69, 9.17) is 4.74 Å². The molecule has 2 heteroatoms. The molecule has 20 heavy (non-hydrogen) atoms. The molecule has 0 aliphatic carbocycles. The summed E-state index contributed by atoms with van der Waals surface area (Å²) in [5.74, 6) is -0.329. The van der Waals surface area contributed by atoms with Gasteiger partial charge in [-0.15, -0.1) is 0 Å². The number of esters is 1. The highest BCUT2D eigenvalue weighted by atomic mass is 16.5. The van der Waals surface area contributed by atoms with Gasteiger partial charge in [0.25, 0.3) is 0 Å². The molecule has 2 nitrogen and oxygen atoms in total. The van der Waals surface area contributed by atoms with Crippen LogP contribution in [-0.4, -0.2) is 5.97 Å². The smallest absolute Gasteiger partial charge is 0.331 e. The molecule has 0 aromatic heterocycles. The molecule has 2 aromatic rings. The molecule has 0 heterocycles. The highest BCUT2D eigenvalue weighted by Gasteiger charge is 2.08. The lowest BCUT2D eigenvalue weighted by molar-refractivity contribution is -0.142. The molecule has 0 bridgehead atoms. The van der Waals surface area contributed by atoms with Crippen molar-refractivity contribution in [3.8, 4) is 0 Å². The third-order valence-electron chi connectivity index (χ3n) is 3.15. The maximum absolute atomic E-state index is 11.8. The topological polar surface area (TPSA) is 26.3 Å². The van der Waals surface area contributed by atoms with Crippen LogP contribution in [-0.2, 0) is 9.53 Å². The van der Waals surface area contributed by atoms with Crippen molar-refractivity contribution in [2.24, 2.45) is 0 Å². The minimum absolute atomic E-state index is 0.245. The number of ether oxygens (including phenoxy) is 1. The summed E-state index contributed by atoms with van der Waals surface area (Å²) in [6.45, 7) is 3.88. The first-order valence-electron chi connectivity index (χ1n) is 6.66. The van der Waals surface area contributed by atoms with Crippen molar-refractivity contribution in [2.75, 3.05) is 0 Å². The van der Waals surface area contributed by atoms with Gasteiger partial charge in [-0.05, 0) is 36.6 Å². The van der Waals surface area contributed by atoms with Gasteiger partial charge in [0.1, 0.15) is 6.10 Å². The molecule has 0 saturated heterocycles. The van der Waals surface area contributed by atoms with E-state index in [1.807, 2.05) is 68.4 Å². The normalized spacial score (nSPS) is 12.3. The number of hydrogen-bond donors (Lipinski definition) is 0. The molecular weight excluding hydrogens is 248 g/mol. The average Bonchev–Trinajstić information content (AvgIpc) is 2.47. The minimum Gasteiger partial charge on any atom is -0.455 e. The maximum atomic E-state index is 11.8. The summed E-state index contributed by atoms with van der Waals surface area (Å²) in [6, 6.07) is 17.6. The molecule has 0 aliphatic heterocycles. The zero-order valence-corrected chi connectivity index (χ0v) is 11.7. The molecule has 0 spiro atoms. The fraction of sp³-hybridized carbons (Fsp3) is 0.167. The summed E-state index contributed by atoms with van der Waals surface area (Å²) in [6.07, 6.45) is 3.02. The van der Waals surface area contributed by atoms with Crippen molar-refractivity contribution in [2.45, 2.75) is 20.0 Å². The van der Waals surface area contributed by atoms with Crippen LogP contribution in [0.25, 0.3) is 6.08 Å². The number of carbonyl (C=O) groups excluding carboxylic acids is 1. The summed E-state index contributed by atoms with van der Waals surface area (Å²) in [5, 5.41) is 0. The lowest BCUT2D eigenvalue weighted by Gasteiger charge is -2.11. The zero-order valence-electron chi connectivity index (χ0n) is 11.7. The Bertz CT molecular complexity index is 600. The summed E-state index contributed by atoms with van der Waals surface area (Å²) in [5.41, 5.74) is 3.15. The molecule has 0 saturated carbocycles. The van der Waals surface area contributed by atoms with Gasteiger partial charge in [0.15, 0.2) is 0 Å². The van der Waals surface area contributed by atoms with Gasteiger partial charge in [0.05, 0.1) is 0 Å². The molecule has 2 aromatic carbocycles. The van der Waals surface area contributed by atoms with Gasteiger partial charge in [0, 0.05) is 6.08 Å². The predicted molar refractivity (Wildman–Crippen MR) is 81.2 cm³/mol. The van der Waals surface area contributed by atoms with Crippen LogP contribution in [0.3, 0.4) is 0 Å². The summed E-state index contributed by atoms with van der Waals surface area (Å²) in [7, 11) is 0. The second-order valence-corrected chi connectivity index (χ2v) is 4.68. The molecule has 0 aliphatic rings. The third-order valence-corrected chi connectivity index (χ3v) is 3.15. The van der Waals surface area contributed by atoms with Crippen molar-refractivity contribution in [1.29, 1.82) is 0 Å². The fourth-order valence-electron chi connectivity index (χ4n) is 1.94. The number of carbonyl (C=O) groups is 1. The molecule has 102 valence electrons. The lowest BCUT2D eigenvalue weighted by atomic mass is 10.1. The van der Waals surface area contributed by atoms with Gasteiger partial charge in [-0.3, -0.25) is 0 Å². The van der Waals surface area contributed by atoms with Crippen molar-refractivity contribution < 1.29 is 9.53 Å². The van der Waals surface area contributed by atoms with Gasteiger partial charge >= 0.3 is 5.97 Å². The standard InChI is InChI=1S/C18H18O2/c1-14-8-6-7-9-16(14)12-13-18(19)20-15(2)17-10-4-3-5-11-17/h3-13,15H,1-2H3/b13-12+. The van der Waals surface area contributed by atoms with Crippen LogP contribution in [0.1, 0.15) is 29.7 Å².